The van der Waals surface area contributed by atoms with Crippen LogP contribution in [0.5, 0.6) is 0 Å². The molecule has 0 amide bonds. The van der Waals surface area contributed by atoms with E-state index in [0.717, 1.165) is 55.1 Å². The van der Waals surface area contributed by atoms with Crippen LogP contribution in [-0.2, 0) is 4.74 Å². The number of nitrogens with one attached hydrogen (secondary N) is 2. The van der Waals surface area contributed by atoms with Gasteiger partial charge in [-0.05, 0) is 37.6 Å². The molecule has 6 heteroatoms. The highest BCUT2D eigenvalue weighted by molar-refractivity contribution is 7.16. The Labute approximate surface area is 129 Å². The third-order valence-electron chi connectivity index (χ3n) is 3.87. The zero-order valence-corrected chi connectivity index (χ0v) is 13.4. The Morgan fingerprint density at radius 3 is 2.90 bits per heavy atom. The molecular weight excluding hydrogens is 284 g/mol. The highest BCUT2D eigenvalue weighted by atomic mass is 32.1. The van der Waals surface area contributed by atoms with Crippen molar-refractivity contribution >= 4 is 33.3 Å². The monoisotopic (exact) mass is 306 g/mol. The first kappa shape index (κ1) is 14.5. The Morgan fingerprint density at radius 2 is 2.14 bits per heavy atom. The van der Waals surface area contributed by atoms with Crippen LogP contribution in [0, 0.1) is 0 Å². The van der Waals surface area contributed by atoms with E-state index in [1.54, 1.807) is 11.3 Å². The van der Waals surface area contributed by atoms with Crippen LogP contribution >= 0.6 is 11.3 Å². The van der Waals surface area contributed by atoms with Crippen molar-refractivity contribution < 1.29 is 4.74 Å². The summed E-state index contributed by atoms with van der Waals surface area (Å²) in [5.41, 5.74) is 0.0451. The molecule has 0 aliphatic carbocycles. The Morgan fingerprint density at radius 1 is 1.33 bits per heavy atom. The van der Waals surface area contributed by atoms with Gasteiger partial charge in [0.05, 0.1) is 5.39 Å². The van der Waals surface area contributed by atoms with Crippen molar-refractivity contribution in [3.8, 4) is 0 Å². The molecule has 21 heavy (non-hydrogen) atoms. The first-order valence-corrected chi connectivity index (χ1v) is 8.43. The quantitative estimate of drug-likeness (QED) is 0.885. The van der Waals surface area contributed by atoms with Gasteiger partial charge in [-0.1, -0.05) is 6.92 Å². The summed E-state index contributed by atoms with van der Waals surface area (Å²) in [6.07, 6.45) is 3.06. The molecule has 0 radical (unpaired) electrons. The molecule has 3 rings (SSSR count). The molecule has 5 nitrogen and oxygen atoms in total. The maximum absolute atomic E-state index is 5.47. The van der Waals surface area contributed by atoms with Crippen molar-refractivity contribution in [1.29, 1.82) is 0 Å². The number of rotatable bonds is 5. The topological polar surface area (TPSA) is 59.1 Å². The second kappa shape index (κ2) is 6.15. The third kappa shape index (κ3) is 3.27. The summed E-state index contributed by atoms with van der Waals surface area (Å²) < 4.78 is 5.47. The molecule has 114 valence electrons. The molecule has 1 aliphatic heterocycles. The molecule has 2 aromatic heterocycles. The molecular formula is C15H22N4OS. The minimum absolute atomic E-state index is 0.0451. The van der Waals surface area contributed by atoms with Crippen LogP contribution in [-0.4, -0.2) is 35.3 Å². The number of fused-ring (bicyclic) bond motifs is 1. The van der Waals surface area contributed by atoms with E-state index in [-0.39, 0.29) is 5.54 Å². The Bertz CT molecular complexity index is 607. The van der Waals surface area contributed by atoms with E-state index < -0.39 is 0 Å². The summed E-state index contributed by atoms with van der Waals surface area (Å²) >= 11 is 1.65. The number of ether oxygens (including phenoxy) is 1. The van der Waals surface area contributed by atoms with Gasteiger partial charge in [0.2, 0.25) is 5.95 Å². The molecule has 2 N–H and O–H groups in total. The number of thiophene rings is 1. The molecule has 0 bridgehead atoms. The van der Waals surface area contributed by atoms with E-state index in [2.05, 4.69) is 45.9 Å². The predicted molar refractivity (Wildman–Crippen MR) is 88.3 cm³/mol. The highest BCUT2D eigenvalue weighted by Gasteiger charge is 2.28. The molecule has 0 unspecified atom stereocenters. The van der Waals surface area contributed by atoms with Crippen LogP contribution in [0.1, 0.15) is 33.1 Å². The van der Waals surface area contributed by atoms with E-state index in [4.69, 9.17) is 4.74 Å². The van der Waals surface area contributed by atoms with Crippen LogP contribution < -0.4 is 10.6 Å². The molecule has 1 aliphatic rings. The largest absolute Gasteiger partial charge is 0.381 e. The lowest BCUT2D eigenvalue weighted by Crippen LogP contribution is -2.41. The van der Waals surface area contributed by atoms with Crippen LogP contribution in [0.4, 0.5) is 11.8 Å². The summed E-state index contributed by atoms with van der Waals surface area (Å²) in [6, 6.07) is 2.09. The van der Waals surface area contributed by atoms with E-state index >= 15 is 0 Å². The average molecular weight is 306 g/mol. The lowest BCUT2D eigenvalue weighted by molar-refractivity contribution is 0.0657. The van der Waals surface area contributed by atoms with Crippen LogP contribution in [0.3, 0.4) is 0 Å². The van der Waals surface area contributed by atoms with Gasteiger partial charge in [-0.15, -0.1) is 11.3 Å². The Kier molecular flexibility index (Phi) is 4.26. The van der Waals surface area contributed by atoms with Gasteiger partial charge in [-0.25, -0.2) is 4.98 Å². The minimum atomic E-state index is 0.0451. The van der Waals surface area contributed by atoms with Gasteiger partial charge in [0.25, 0.3) is 0 Å². The van der Waals surface area contributed by atoms with Gasteiger partial charge in [-0.3, -0.25) is 0 Å². The van der Waals surface area contributed by atoms with Crippen LogP contribution in [0.15, 0.2) is 11.4 Å². The fraction of sp³-hybridized carbons (Fsp3) is 0.600. The van der Waals surface area contributed by atoms with Crippen molar-refractivity contribution in [2.24, 2.45) is 0 Å². The molecule has 1 saturated heterocycles. The van der Waals surface area contributed by atoms with E-state index in [1.165, 1.54) is 0 Å². The van der Waals surface area contributed by atoms with Gasteiger partial charge >= 0.3 is 0 Å². The van der Waals surface area contributed by atoms with Gasteiger partial charge in [-0.2, -0.15) is 4.98 Å². The van der Waals surface area contributed by atoms with Gasteiger partial charge in [0.15, 0.2) is 0 Å². The normalized spacial score (nSPS) is 17.8. The lowest BCUT2D eigenvalue weighted by Gasteiger charge is -2.35. The molecule has 1 fully saturated rings. The van der Waals surface area contributed by atoms with Crippen molar-refractivity contribution in [1.82, 2.24) is 9.97 Å². The SMILES string of the molecule is CCCNc1nc(NC2(C)CCOCC2)c2ccsc2n1. The van der Waals surface area contributed by atoms with Crippen LogP contribution in [0.2, 0.25) is 0 Å². The first-order chi connectivity index (χ1) is 10.2. The fourth-order valence-electron chi connectivity index (χ4n) is 2.50. The molecule has 0 spiro atoms. The summed E-state index contributed by atoms with van der Waals surface area (Å²) in [5, 5.41) is 10.1. The van der Waals surface area contributed by atoms with E-state index in [1.807, 2.05) is 0 Å². The third-order valence-corrected chi connectivity index (χ3v) is 4.68. The predicted octanol–water partition coefficient (Wildman–Crippen LogP) is 3.49. The number of hydrogen-bond donors (Lipinski definition) is 2. The van der Waals surface area contributed by atoms with Crippen molar-refractivity contribution in [2.75, 3.05) is 30.4 Å². The average Bonchev–Trinajstić information content (AvgIpc) is 2.94. The summed E-state index contributed by atoms with van der Waals surface area (Å²) in [4.78, 5) is 10.3. The number of nitrogens with zero attached hydrogens (tertiary/aromatic N) is 2. The molecule has 3 heterocycles. The van der Waals surface area contributed by atoms with E-state index in [0.29, 0.717) is 5.95 Å². The summed E-state index contributed by atoms with van der Waals surface area (Å²) in [5.74, 6) is 1.65. The van der Waals surface area contributed by atoms with Crippen LogP contribution in [0.25, 0.3) is 10.2 Å². The summed E-state index contributed by atoms with van der Waals surface area (Å²) in [6.45, 7) is 6.89. The smallest absolute Gasteiger partial charge is 0.226 e. The zero-order valence-electron chi connectivity index (χ0n) is 12.6. The Balaban J connectivity index is 1.90. The first-order valence-electron chi connectivity index (χ1n) is 7.55. The van der Waals surface area contributed by atoms with Gasteiger partial charge in [0, 0.05) is 25.3 Å². The second-order valence-corrected chi connectivity index (χ2v) is 6.65. The Hall–Kier alpha value is -1.40. The highest BCUT2D eigenvalue weighted by Crippen LogP contribution is 2.31. The van der Waals surface area contributed by atoms with Gasteiger partial charge in [0.1, 0.15) is 10.6 Å². The fourth-order valence-corrected chi connectivity index (χ4v) is 3.26. The lowest BCUT2D eigenvalue weighted by atomic mass is 9.92. The minimum Gasteiger partial charge on any atom is -0.381 e. The number of anilines is 2. The van der Waals surface area contributed by atoms with Crippen molar-refractivity contribution in [2.45, 2.75) is 38.6 Å². The molecule has 2 aromatic rings. The maximum Gasteiger partial charge on any atom is 0.226 e. The van der Waals surface area contributed by atoms with Crippen molar-refractivity contribution in [3.05, 3.63) is 11.4 Å². The zero-order chi connectivity index (χ0) is 14.7. The summed E-state index contributed by atoms with van der Waals surface area (Å²) in [7, 11) is 0. The van der Waals surface area contributed by atoms with Gasteiger partial charge < -0.3 is 15.4 Å². The molecule has 0 saturated carbocycles. The standard InChI is InChI=1S/C15H22N4OS/c1-3-7-16-14-17-12(11-4-10-21-13(11)18-14)19-15(2)5-8-20-9-6-15/h4,10H,3,5-9H2,1-2H3,(H2,16,17,18,19). The molecule has 0 aromatic carbocycles. The number of aromatic nitrogens is 2. The van der Waals surface area contributed by atoms with Crippen molar-refractivity contribution in [3.63, 3.8) is 0 Å². The van der Waals surface area contributed by atoms with E-state index in [9.17, 15) is 0 Å². The second-order valence-electron chi connectivity index (χ2n) is 5.76. The molecule has 0 atom stereocenters. The number of hydrogen-bond acceptors (Lipinski definition) is 6. The maximum atomic E-state index is 5.47.